The molecule has 0 saturated heterocycles. The van der Waals surface area contributed by atoms with Crippen LogP contribution in [0.3, 0.4) is 0 Å². The molecule has 8 heteroatoms. The highest BCUT2D eigenvalue weighted by atomic mass is 79.9. The molecule has 2 aromatic rings. The Morgan fingerprint density at radius 3 is 2.43 bits per heavy atom. The molecule has 108 valence electrons. The number of nitro benzene ring substituents is 1. The summed E-state index contributed by atoms with van der Waals surface area (Å²) < 4.78 is 13.6. The van der Waals surface area contributed by atoms with Crippen LogP contribution < -0.4 is 5.32 Å². The average molecular weight is 418 g/mol. The lowest BCUT2D eigenvalue weighted by atomic mass is 10.2. The van der Waals surface area contributed by atoms with Gasteiger partial charge < -0.3 is 5.32 Å². The summed E-state index contributed by atoms with van der Waals surface area (Å²) in [6.07, 6.45) is 0. The van der Waals surface area contributed by atoms with Crippen LogP contribution in [0.15, 0.2) is 45.3 Å². The standard InChI is InChI=1S/C13H7Br2FN2O3/c14-10-5-7(16)1-3-9(10)13(19)17-8-2-4-12(18(20)21)11(15)6-8/h1-6H,(H,17,19). The van der Waals surface area contributed by atoms with E-state index in [2.05, 4.69) is 37.2 Å². The second kappa shape index (κ2) is 6.31. The maximum absolute atomic E-state index is 13.0. The topological polar surface area (TPSA) is 72.2 Å². The first-order chi connectivity index (χ1) is 9.88. The number of carbonyl (C=O) groups is 1. The number of amides is 1. The van der Waals surface area contributed by atoms with Gasteiger partial charge in [-0.05, 0) is 62.2 Å². The molecule has 1 N–H and O–H groups in total. The smallest absolute Gasteiger partial charge is 0.283 e. The fourth-order valence-corrected chi connectivity index (χ4v) is 2.66. The number of nitro groups is 1. The van der Waals surface area contributed by atoms with Gasteiger partial charge in [0.1, 0.15) is 5.82 Å². The van der Waals surface area contributed by atoms with E-state index < -0.39 is 16.6 Å². The summed E-state index contributed by atoms with van der Waals surface area (Å²) in [7, 11) is 0. The predicted molar refractivity (Wildman–Crippen MR) is 82.8 cm³/mol. The van der Waals surface area contributed by atoms with E-state index >= 15 is 0 Å². The highest BCUT2D eigenvalue weighted by molar-refractivity contribution is 9.11. The lowest BCUT2D eigenvalue weighted by molar-refractivity contribution is -0.385. The minimum absolute atomic E-state index is 0.101. The summed E-state index contributed by atoms with van der Waals surface area (Å²) in [5, 5.41) is 13.3. The zero-order chi connectivity index (χ0) is 15.6. The molecule has 0 bridgehead atoms. The normalized spacial score (nSPS) is 10.2. The second-order valence-electron chi connectivity index (χ2n) is 4.00. The van der Waals surface area contributed by atoms with Gasteiger partial charge in [-0.15, -0.1) is 0 Å². The third kappa shape index (κ3) is 3.64. The van der Waals surface area contributed by atoms with Gasteiger partial charge in [0, 0.05) is 16.2 Å². The number of anilines is 1. The molecular formula is C13H7Br2FN2O3. The molecule has 0 heterocycles. The van der Waals surface area contributed by atoms with E-state index in [1.54, 1.807) is 0 Å². The fourth-order valence-electron chi connectivity index (χ4n) is 1.60. The molecule has 5 nitrogen and oxygen atoms in total. The number of nitrogens with zero attached hydrogens (tertiary/aromatic N) is 1. The summed E-state index contributed by atoms with van der Waals surface area (Å²) in [6.45, 7) is 0. The quantitative estimate of drug-likeness (QED) is 0.589. The first-order valence-electron chi connectivity index (χ1n) is 5.59. The Labute approximate surface area is 135 Å². The summed E-state index contributed by atoms with van der Waals surface area (Å²) in [5.74, 6) is -0.917. The fraction of sp³-hybridized carbons (Fsp3) is 0. The molecule has 0 aliphatic heterocycles. The van der Waals surface area contributed by atoms with Crippen molar-refractivity contribution in [1.29, 1.82) is 0 Å². The summed E-state index contributed by atoms with van der Waals surface area (Å²) in [4.78, 5) is 22.2. The molecule has 0 aromatic heterocycles. The molecule has 1 amide bonds. The number of benzene rings is 2. The van der Waals surface area contributed by atoms with Gasteiger partial charge in [0.25, 0.3) is 11.6 Å². The molecular weight excluding hydrogens is 411 g/mol. The highest BCUT2D eigenvalue weighted by Gasteiger charge is 2.15. The van der Waals surface area contributed by atoms with E-state index in [0.717, 1.165) is 0 Å². The number of rotatable bonds is 3. The minimum Gasteiger partial charge on any atom is -0.322 e. The van der Waals surface area contributed by atoms with Crippen molar-refractivity contribution in [3.63, 3.8) is 0 Å². The third-order valence-corrected chi connectivity index (χ3v) is 3.87. The second-order valence-corrected chi connectivity index (χ2v) is 5.71. The van der Waals surface area contributed by atoms with Gasteiger partial charge in [0.2, 0.25) is 0 Å². The van der Waals surface area contributed by atoms with Crippen LogP contribution in [0.25, 0.3) is 0 Å². The SMILES string of the molecule is O=C(Nc1ccc([N+](=O)[O-])c(Br)c1)c1ccc(F)cc1Br. The molecule has 2 aromatic carbocycles. The van der Waals surface area contributed by atoms with E-state index in [9.17, 15) is 19.3 Å². The Morgan fingerprint density at radius 1 is 1.14 bits per heavy atom. The Balaban J connectivity index is 2.23. The van der Waals surface area contributed by atoms with E-state index in [0.29, 0.717) is 10.2 Å². The average Bonchev–Trinajstić information content (AvgIpc) is 2.37. The van der Waals surface area contributed by atoms with Gasteiger partial charge in [-0.2, -0.15) is 0 Å². The molecule has 21 heavy (non-hydrogen) atoms. The van der Waals surface area contributed by atoms with Crippen molar-refractivity contribution in [2.45, 2.75) is 0 Å². The molecule has 2 rings (SSSR count). The molecule has 0 aliphatic rings. The Bertz CT molecular complexity index is 737. The number of carbonyl (C=O) groups excluding carboxylic acids is 1. The van der Waals surface area contributed by atoms with Crippen molar-refractivity contribution in [2.24, 2.45) is 0 Å². The first kappa shape index (κ1) is 15.6. The Kier molecular flexibility index (Phi) is 4.69. The summed E-state index contributed by atoms with van der Waals surface area (Å²) >= 11 is 6.17. The number of hydrogen-bond donors (Lipinski definition) is 1. The number of hydrogen-bond acceptors (Lipinski definition) is 3. The van der Waals surface area contributed by atoms with Gasteiger partial charge in [-0.1, -0.05) is 0 Å². The van der Waals surface area contributed by atoms with Crippen LogP contribution in [-0.4, -0.2) is 10.8 Å². The van der Waals surface area contributed by atoms with Crippen LogP contribution in [0.5, 0.6) is 0 Å². The van der Waals surface area contributed by atoms with Crippen molar-refractivity contribution in [2.75, 3.05) is 5.32 Å². The summed E-state index contributed by atoms with van der Waals surface area (Å²) in [6, 6.07) is 7.81. The van der Waals surface area contributed by atoms with Gasteiger partial charge >= 0.3 is 0 Å². The van der Waals surface area contributed by atoms with Crippen LogP contribution in [0, 0.1) is 15.9 Å². The maximum atomic E-state index is 13.0. The maximum Gasteiger partial charge on any atom is 0.283 e. The monoisotopic (exact) mass is 416 g/mol. The van der Waals surface area contributed by atoms with Crippen molar-refractivity contribution >= 4 is 49.1 Å². The van der Waals surface area contributed by atoms with Crippen molar-refractivity contribution in [3.05, 3.63) is 66.8 Å². The van der Waals surface area contributed by atoms with E-state index in [1.165, 1.54) is 36.4 Å². The minimum atomic E-state index is -0.535. The number of halogens is 3. The Morgan fingerprint density at radius 2 is 1.86 bits per heavy atom. The van der Waals surface area contributed by atoms with E-state index in [1.807, 2.05) is 0 Å². The van der Waals surface area contributed by atoms with Crippen molar-refractivity contribution in [1.82, 2.24) is 0 Å². The highest BCUT2D eigenvalue weighted by Crippen LogP contribution is 2.28. The molecule has 0 aliphatic carbocycles. The van der Waals surface area contributed by atoms with Crippen molar-refractivity contribution in [3.8, 4) is 0 Å². The molecule has 0 atom stereocenters. The van der Waals surface area contributed by atoms with Crippen LogP contribution in [0.1, 0.15) is 10.4 Å². The summed E-state index contributed by atoms with van der Waals surface area (Å²) in [5.41, 5.74) is 0.538. The van der Waals surface area contributed by atoms with E-state index in [-0.39, 0.29) is 15.7 Å². The van der Waals surface area contributed by atoms with Gasteiger partial charge in [-0.25, -0.2) is 4.39 Å². The molecule has 0 unspecified atom stereocenters. The van der Waals surface area contributed by atoms with Gasteiger partial charge in [-0.3, -0.25) is 14.9 Å². The molecule has 0 radical (unpaired) electrons. The first-order valence-corrected chi connectivity index (χ1v) is 7.17. The molecule has 0 saturated carbocycles. The van der Waals surface area contributed by atoms with E-state index in [4.69, 9.17) is 0 Å². The zero-order valence-corrected chi connectivity index (χ0v) is 13.4. The van der Waals surface area contributed by atoms with Crippen LogP contribution in [0.2, 0.25) is 0 Å². The van der Waals surface area contributed by atoms with Crippen LogP contribution >= 0.6 is 31.9 Å². The predicted octanol–water partition coefficient (Wildman–Crippen LogP) is 4.51. The zero-order valence-electron chi connectivity index (χ0n) is 10.3. The largest absolute Gasteiger partial charge is 0.322 e. The lowest BCUT2D eigenvalue weighted by Crippen LogP contribution is -2.12. The van der Waals surface area contributed by atoms with Gasteiger partial charge in [0.05, 0.1) is 15.0 Å². The lowest BCUT2D eigenvalue weighted by Gasteiger charge is -2.07. The van der Waals surface area contributed by atoms with Crippen molar-refractivity contribution < 1.29 is 14.1 Å². The van der Waals surface area contributed by atoms with Gasteiger partial charge in [0.15, 0.2) is 0 Å². The third-order valence-electron chi connectivity index (χ3n) is 2.58. The van der Waals surface area contributed by atoms with Crippen LogP contribution in [0.4, 0.5) is 15.8 Å². The number of nitrogens with one attached hydrogen (secondary N) is 1. The van der Waals surface area contributed by atoms with Crippen LogP contribution in [-0.2, 0) is 0 Å². The molecule has 0 fully saturated rings. The molecule has 0 spiro atoms. The Hall–Kier alpha value is -1.80.